The van der Waals surface area contributed by atoms with Crippen LogP contribution in [0, 0.1) is 6.92 Å². The molecule has 0 spiro atoms. The summed E-state index contributed by atoms with van der Waals surface area (Å²) in [5.41, 5.74) is 1.90. The summed E-state index contributed by atoms with van der Waals surface area (Å²) in [6, 6.07) is 5.83. The van der Waals surface area contributed by atoms with Gasteiger partial charge in [-0.15, -0.1) is 0 Å². The highest BCUT2D eigenvalue weighted by Crippen LogP contribution is 2.04. The Labute approximate surface area is 95.9 Å². The molecule has 0 fully saturated rings. The lowest BCUT2D eigenvalue weighted by Gasteiger charge is -2.19. The Morgan fingerprint density at radius 2 is 2.27 bits per heavy atom. The van der Waals surface area contributed by atoms with E-state index in [1.165, 1.54) is 0 Å². The number of carbonyl (C=O) groups excluding carboxylic acids is 1. The van der Waals surface area contributed by atoms with Crippen LogP contribution in [-0.2, 0) is 11.3 Å². The van der Waals surface area contributed by atoms with Crippen LogP contribution in [-0.4, -0.2) is 28.1 Å². The number of aryl methyl sites for hydroxylation is 1. The van der Waals surface area contributed by atoms with Gasteiger partial charge in [0.25, 0.3) is 0 Å². The molecule has 0 N–H and O–H groups in total. The number of aromatic nitrogens is 1. The van der Waals surface area contributed by atoms with Crippen molar-refractivity contribution in [1.29, 1.82) is 0 Å². The number of amides is 1. The SMILES string of the molecule is CCN(Cc1cccc(C)n1)C(=O)CS. The summed E-state index contributed by atoms with van der Waals surface area (Å²) in [6.07, 6.45) is 0. The fourth-order valence-corrected chi connectivity index (χ4v) is 1.56. The van der Waals surface area contributed by atoms with Gasteiger partial charge in [0.15, 0.2) is 0 Å². The van der Waals surface area contributed by atoms with Gasteiger partial charge in [-0.2, -0.15) is 12.6 Å². The Balaban J connectivity index is 2.70. The van der Waals surface area contributed by atoms with Gasteiger partial charge >= 0.3 is 0 Å². The Kier molecular flexibility index (Phi) is 4.62. The molecule has 0 aliphatic rings. The number of pyridine rings is 1. The van der Waals surface area contributed by atoms with Crippen molar-refractivity contribution in [3.05, 3.63) is 29.6 Å². The van der Waals surface area contributed by atoms with Gasteiger partial charge in [-0.05, 0) is 26.0 Å². The Morgan fingerprint density at radius 3 is 2.80 bits per heavy atom. The molecule has 0 bridgehead atoms. The molecule has 0 aromatic carbocycles. The molecule has 0 aliphatic carbocycles. The van der Waals surface area contributed by atoms with Gasteiger partial charge in [-0.3, -0.25) is 9.78 Å². The fraction of sp³-hybridized carbons (Fsp3) is 0.455. The summed E-state index contributed by atoms with van der Waals surface area (Å²) >= 11 is 3.98. The summed E-state index contributed by atoms with van der Waals surface area (Å²) in [5.74, 6) is 0.295. The van der Waals surface area contributed by atoms with Crippen LogP contribution in [0.15, 0.2) is 18.2 Å². The molecule has 0 saturated heterocycles. The minimum Gasteiger partial charge on any atom is -0.336 e. The van der Waals surface area contributed by atoms with Crippen molar-refractivity contribution in [2.24, 2.45) is 0 Å². The number of thiol groups is 1. The van der Waals surface area contributed by atoms with E-state index in [0.717, 1.165) is 11.4 Å². The highest BCUT2D eigenvalue weighted by atomic mass is 32.1. The van der Waals surface area contributed by atoms with Crippen molar-refractivity contribution in [3.8, 4) is 0 Å². The molecule has 0 radical (unpaired) electrons. The molecule has 1 aromatic heterocycles. The number of nitrogens with zero attached hydrogens (tertiary/aromatic N) is 2. The first-order valence-corrected chi connectivity index (χ1v) is 5.61. The van der Waals surface area contributed by atoms with E-state index in [0.29, 0.717) is 13.1 Å². The highest BCUT2D eigenvalue weighted by molar-refractivity contribution is 7.81. The minimum absolute atomic E-state index is 0.0455. The molecule has 0 aliphatic heterocycles. The number of hydrogen-bond donors (Lipinski definition) is 1. The van der Waals surface area contributed by atoms with Crippen molar-refractivity contribution in [3.63, 3.8) is 0 Å². The smallest absolute Gasteiger partial charge is 0.232 e. The van der Waals surface area contributed by atoms with Crippen molar-refractivity contribution in [2.75, 3.05) is 12.3 Å². The normalized spacial score (nSPS) is 10.1. The predicted octanol–water partition coefficient (Wildman–Crippen LogP) is 1.67. The molecule has 0 saturated carbocycles. The molecule has 1 aromatic rings. The molecule has 4 heteroatoms. The lowest BCUT2D eigenvalue weighted by atomic mass is 10.3. The Bertz CT molecular complexity index is 341. The topological polar surface area (TPSA) is 33.2 Å². The zero-order valence-electron chi connectivity index (χ0n) is 9.10. The van der Waals surface area contributed by atoms with Crippen LogP contribution in [0.5, 0.6) is 0 Å². The van der Waals surface area contributed by atoms with E-state index in [1.807, 2.05) is 32.0 Å². The second kappa shape index (κ2) is 5.75. The monoisotopic (exact) mass is 224 g/mol. The fourth-order valence-electron chi connectivity index (χ4n) is 1.36. The van der Waals surface area contributed by atoms with E-state index >= 15 is 0 Å². The van der Waals surface area contributed by atoms with Crippen LogP contribution in [0.25, 0.3) is 0 Å². The molecular formula is C11H16N2OS. The van der Waals surface area contributed by atoms with E-state index in [9.17, 15) is 4.79 Å². The molecule has 1 rings (SSSR count). The lowest BCUT2D eigenvalue weighted by Crippen LogP contribution is -2.31. The van der Waals surface area contributed by atoms with E-state index in [1.54, 1.807) is 4.90 Å². The maximum absolute atomic E-state index is 11.5. The van der Waals surface area contributed by atoms with Crippen LogP contribution in [0.2, 0.25) is 0 Å². The van der Waals surface area contributed by atoms with E-state index < -0.39 is 0 Å². The maximum Gasteiger partial charge on any atom is 0.232 e. The molecule has 1 heterocycles. The van der Waals surface area contributed by atoms with Gasteiger partial charge in [0.2, 0.25) is 5.91 Å². The van der Waals surface area contributed by atoms with E-state index in [4.69, 9.17) is 0 Å². The summed E-state index contributed by atoms with van der Waals surface area (Å²) in [6.45, 7) is 5.16. The minimum atomic E-state index is 0.0455. The first kappa shape index (κ1) is 12.0. The second-order valence-electron chi connectivity index (χ2n) is 3.34. The van der Waals surface area contributed by atoms with Crippen molar-refractivity contribution in [1.82, 2.24) is 9.88 Å². The van der Waals surface area contributed by atoms with Crippen LogP contribution in [0.1, 0.15) is 18.3 Å². The highest BCUT2D eigenvalue weighted by Gasteiger charge is 2.10. The van der Waals surface area contributed by atoms with Crippen LogP contribution in [0.3, 0.4) is 0 Å². The third kappa shape index (κ3) is 3.55. The quantitative estimate of drug-likeness (QED) is 0.789. The lowest BCUT2D eigenvalue weighted by molar-refractivity contribution is -0.128. The maximum atomic E-state index is 11.5. The van der Waals surface area contributed by atoms with Crippen LogP contribution >= 0.6 is 12.6 Å². The summed E-state index contributed by atoms with van der Waals surface area (Å²) < 4.78 is 0. The predicted molar refractivity (Wildman–Crippen MR) is 63.9 cm³/mol. The van der Waals surface area contributed by atoms with E-state index in [2.05, 4.69) is 17.6 Å². The van der Waals surface area contributed by atoms with Gasteiger partial charge in [0, 0.05) is 12.2 Å². The van der Waals surface area contributed by atoms with Crippen molar-refractivity contribution >= 4 is 18.5 Å². The first-order chi connectivity index (χ1) is 7.17. The second-order valence-corrected chi connectivity index (χ2v) is 3.65. The average Bonchev–Trinajstić information content (AvgIpc) is 2.25. The molecule has 82 valence electrons. The van der Waals surface area contributed by atoms with Crippen LogP contribution in [0.4, 0.5) is 0 Å². The van der Waals surface area contributed by atoms with Crippen molar-refractivity contribution < 1.29 is 4.79 Å². The largest absolute Gasteiger partial charge is 0.336 e. The van der Waals surface area contributed by atoms with Gasteiger partial charge in [-0.1, -0.05) is 6.07 Å². The van der Waals surface area contributed by atoms with E-state index in [-0.39, 0.29) is 11.7 Å². The number of hydrogen-bond acceptors (Lipinski definition) is 3. The van der Waals surface area contributed by atoms with Crippen LogP contribution < -0.4 is 0 Å². The van der Waals surface area contributed by atoms with Gasteiger partial charge < -0.3 is 4.90 Å². The van der Waals surface area contributed by atoms with Gasteiger partial charge in [0.1, 0.15) is 0 Å². The van der Waals surface area contributed by atoms with Gasteiger partial charge in [-0.25, -0.2) is 0 Å². The summed E-state index contributed by atoms with van der Waals surface area (Å²) in [5, 5.41) is 0. The molecule has 0 unspecified atom stereocenters. The third-order valence-corrected chi connectivity index (χ3v) is 2.44. The summed E-state index contributed by atoms with van der Waals surface area (Å²) in [4.78, 5) is 17.6. The first-order valence-electron chi connectivity index (χ1n) is 4.98. The average molecular weight is 224 g/mol. The molecule has 3 nitrogen and oxygen atoms in total. The van der Waals surface area contributed by atoms with Crippen molar-refractivity contribution in [2.45, 2.75) is 20.4 Å². The Hall–Kier alpha value is -1.03. The molecule has 0 atom stereocenters. The standard InChI is InChI=1S/C11H16N2OS/c1-3-13(11(14)8-15)7-10-6-4-5-9(2)12-10/h4-6,15H,3,7-8H2,1-2H3. The molecular weight excluding hydrogens is 208 g/mol. The Morgan fingerprint density at radius 1 is 1.53 bits per heavy atom. The molecule has 15 heavy (non-hydrogen) atoms. The summed E-state index contributed by atoms with van der Waals surface area (Å²) in [7, 11) is 0. The zero-order chi connectivity index (χ0) is 11.3. The number of rotatable bonds is 4. The zero-order valence-corrected chi connectivity index (χ0v) is 10.00. The molecule has 1 amide bonds. The number of carbonyl (C=O) groups is 1. The third-order valence-electron chi connectivity index (χ3n) is 2.17. The van der Waals surface area contributed by atoms with Gasteiger partial charge in [0.05, 0.1) is 18.0 Å².